The van der Waals surface area contributed by atoms with Gasteiger partial charge in [-0.25, -0.2) is 0 Å². The van der Waals surface area contributed by atoms with Crippen molar-refractivity contribution < 1.29 is 18.3 Å². The smallest absolute Gasteiger partial charge is 0.279 e. The number of sulfonamides is 1. The van der Waals surface area contributed by atoms with Crippen LogP contribution in [0.2, 0.25) is 0 Å². The van der Waals surface area contributed by atoms with Crippen molar-refractivity contribution in [2.75, 3.05) is 11.8 Å². The fraction of sp³-hybridized carbons (Fsp3) is 0.250. The molecule has 0 aliphatic rings. The monoisotopic (exact) mass is 297 g/mol. The van der Waals surface area contributed by atoms with Crippen molar-refractivity contribution in [1.82, 2.24) is 10.2 Å². The summed E-state index contributed by atoms with van der Waals surface area (Å²) >= 11 is 0. The standard InChI is InChI=1S/C12H15N3O4S/c1-19-8-9-3-2-4-11(5-9)15-20(17,18)12-10(7-16)6-13-14-12/h2-6,15-16H,7-8H2,1H3,(H,13,14). The lowest BCUT2D eigenvalue weighted by molar-refractivity contribution is 0.185. The molecule has 3 N–H and O–H groups in total. The zero-order valence-corrected chi connectivity index (χ0v) is 11.6. The Morgan fingerprint density at radius 1 is 1.45 bits per heavy atom. The van der Waals surface area contributed by atoms with Gasteiger partial charge in [-0.3, -0.25) is 9.82 Å². The summed E-state index contributed by atoms with van der Waals surface area (Å²) in [6.45, 7) is -0.0159. The van der Waals surface area contributed by atoms with Crippen molar-refractivity contribution in [1.29, 1.82) is 0 Å². The van der Waals surface area contributed by atoms with Gasteiger partial charge in [-0.15, -0.1) is 0 Å². The fourth-order valence-corrected chi connectivity index (χ4v) is 2.92. The molecular weight excluding hydrogens is 282 g/mol. The Morgan fingerprint density at radius 2 is 2.25 bits per heavy atom. The first-order chi connectivity index (χ1) is 9.56. The molecular formula is C12H15N3O4S. The SMILES string of the molecule is COCc1cccc(NS(=O)(=O)c2[nH]ncc2CO)c1. The Hall–Kier alpha value is -1.90. The van der Waals surface area contributed by atoms with Crippen molar-refractivity contribution in [3.05, 3.63) is 41.6 Å². The average Bonchev–Trinajstić information content (AvgIpc) is 2.88. The number of anilines is 1. The molecule has 0 radical (unpaired) electrons. The number of nitrogens with zero attached hydrogens (tertiary/aromatic N) is 1. The van der Waals surface area contributed by atoms with Crippen molar-refractivity contribution in [2.45, 2.75) is 18.2 Å². The number of nitrogens with one attached hydrogen (secondary N) is 2. The van der Waals surface area contributed by atoms with E-state index in [9.17, 15) is 8.42 Å². The molecule has 8 heteroatoms. The van der Waals surface area contributed by atoms with Gasteiger partial charge in [0.05, 0.1) is 19.4 Å². The van der Waals surface area contributed by atoms with Crippen molar-refractivity contribution in [2.24, 2.45) is 0 Å². The van der Waals surface area contributed by atoms with Gasteiger partial charge < -0.3 is 9.84 Å². The third kappa shape index (κ3) is 3.16. The normalized spacial score (nSPS) is 11.5. The Labute approximate surface area is 116 Å². The second kappa shape index (κ2) is 6.04. The summed E-state index contributed by atoms with van der Waals surface area (Å²) in [6.07, 6.45) is 1.27. The lowest BCUT2D eigenvalue weighted by atomic mass is 10.2. The number of methoxy groups -OCH3 is 1. The zero-order valence-electron chi connectivity index (χ0n) is 10.8. The van der Waals surface area contributed by atoms with Gasteiger partial charge in [0, 0.05) is 18.4 Å². The molecule has 0 aliphatic heterocycles. The molecule has 1 aromatic heterocycles. The van der Waals surface area contributed by atoms with Crippen molar-refractivity contribution >= 4 is 15.7 Å². The molecule has 0 saturated heterocycles. The van der Waals surface area contributed by atoms with Gasteiger partial charge in [0.1, 0.15) is 0 Å². The summed E-state index contributed by atoms with van der Waals surface area (Å²) in [5.74, 6) is 0. The van der Waals surface area contributed by atoms with Crippen molar-refractivity contribution in [3.8, 4) is 0 Å². The zero-order chi connectivity index (χ0) is 14.6. The van der Waals surface area contributed by atoms with E-state index in [2.05, 4.69) is 14.9 Å². The quantitative estimate of drug-likeness (QED) is 0.733. The molecule has 20 heavy (non-hydrogen) atoms. The van der Waals surface area contributed by atoms with Crippen LogP contribution in [0.1, 0.15) is 11.1 Å². The summed E-state index contributed by atoms with van der Waals surface area (Å²) in [5, 5.41) is 14.9. The van der Waals surface area contributed by atoms with Crippen LogP contribution in [-0.4, -0.2) is 30.8 Å². The van der Waals surface area contributed by atoms with E-state index >= 15 is 0 Å². The summed E-state index contributed by atoms with van der Waals surface area (Å²) in [4.78, 5) is 0. The molecule has 0 amide bonds. The van der Waals surface area contributed by atoms with Gasteiger partial charge in [0.15, 0.2) is 5.03 Å². The summed E-state index contributed by atoms with van der Waals surface area (Å²) < 4.78 is 31.8. The Morgan fingerprint density at radius 3 is 2.95 bits per heavy atom. The fourth-order valence-electron chi connectivity index (χ4n) is 1.74. The molecule has 1 aromatic carbocycles. The number of ether oxygens (including phenoxy) is 1. The highest BCUT2D eigenvalue weighted by molar-refractivity contribution is 7.92. The minimum Gasteiger partial charge on any atom is -0.392 e. The van der Waals surface area contributed by atoms with E-state index in [1.807, 2.05) is 6.07 Å². The number of rotatable bonds is 6. The third-order valence-electron chi connectivity index (χ3n) is 2.61. The van der Waals surface area contributed by atoms with Crippen molar-refractivity contribution in [3.63, 3.8) is 0 Å². The van der Waals surface area contributed by atoms with E-state index < -0.39 is 16.6 Å². The first-order valence-electron chi connectivity index (χ1n) is 5.80. The number of benzene rings is 1. The Bertz CT molecular complexity index is 682. The van der Waals surface area contributed by atoms with Crippen LogP contribution in [0.4, 0.5) is 5.69 Å². The van der Waals surface area contributed by atoms with Gasteiger partial charge in [-0.05, 0) is 17.7 Å². The van der Waals surface area contributed by atoms with E-state index in [1.54, 1.807) is 25.3 Å². The minimum absolute atomic E-state index is 0.142. The first-order valence-corrected chi connectivity index (χ1v) is 7.29. The lowest BCUT2D eigenvalue weighted by Crippen LogP contribution is -2.15. The summed E-state index contributed by atoms with van der Waals surface area (Å²) in [5.41, 5.74) is 1.48. The van der Waals surface area contributed by atoms with Gasteiger partial charge >= 0.3 is 0 Å². The predicted octanol–water partition coefficient (Wildman–Crippen LogP) is 0.849. The maximum atomic E-state index is 12.2. The van der Waals surface area contributed by atoms with E-state index in [0.717, 1.165) is 5.56 Å². The highest BCUT2D eigenvalue weighted by atomic mass is 32.2. The summed E-state index contributed by atoms with van der Waals surface area (Å²) in [7, 11) is -2.25. The molecule has 0 fully saturated rings. The number of aliphatic hydroxyl groups excluding tert-OH is 1. The molecule has 108 valence electrons. The molecule has 0 bridgehead atoms. The lowest BCUT2D eigenvalue weighted by Gasteiger charge is -2.09. The van der Waals surface area contributed by atoms with Crippen LogP contribution in [0.25, 0.3) is 0 Å². The molecule has 7 nitrogen and oxygen atoms in total. The number of aromatic amines is 1. The van der Waals surface area contributed by atoms with Crippen LogP contribution in [0.3, 0.4) is 0 Å². The second-order valence-electron chi connectivity index (χ2n) is 4.12. The average molecular weight is 297 g/mol. The molecule has 2 rings (SSSR count). The number of aliphatic hydroxyl groups is 1. The summed E-state index contributed by atoms with van der Waals surface area (Å²) in [6, 6.07) is 6.87. The number of hydrogen-bond donors (Lipinski definition) is 3. The molecule has 2 aromatic rings. The molecule has 0 aliphatic carbocycles. The van der Waals surface area contributed by atoms with E-state index in [1.165, 1.54) is 6.20 Å². The highest BCUT2D eigenvalue weighted by Gasteiger charge is 2.20. The molecule has 0 saturated carbocycles. The van der Waals surface area contributed by atoms with Gasteiger partial charge in [0.2, 0.25) is 0 Å². The van der Waals surface area contributed by atoms with Crippen LogP contribution in [0.5, 0.6) is 0 Å². The first kappa shape index (κ1) is 14.5. The Kier molecular flexibility index (Phi) is 4.38. The highest BCUT2D eigenvalue weighted by Crippen LogP contribution is 2.18. The second-order valence-corrected chi connectivity index (χ2v) is 5.74. The molecule has 1 heterocycles. The van der Waals surface area contributed by atoms with Crippen LogP contribution in [0, 0.1) is 0 Å². The van der Waals surface area contributed by atoms with E-state index in [-0.39, 0.29) is 10.6 Å². The van der Waals surface area contributed by atoms with Gasteiger partial charge in [0.25, 0.3) is 10.0 Å². The number of hydrogen-bond acceptors (Lipinski definition) is 5. The van der Waals surface area contributed by atoms with Gasteiger partial charge in [-0.1, -0.05) is 12.1 Å². The topological polar surface area (TPSA) is 104 Å². The van der Waals surface area contributed by atoms with Crippen LogP contribution >= 0.6 is 0 Å². The minimum atomic E-state index is -3.81. The van der Waals surface area contributed by atoms with E-state index in [4.69, 9.17) is 9.84 Å². The maximum absolute atomic E-state index is 12.2. The largest absolute Gasteiger partial charge is 0.392 e. The third-order valence-corrected chi connectivity index (χ3v) is 4.00. The number of H-pyrrole nitrogens is 1. The van der Waals surface area contributed by atoms with Crippen LogP contribution in [-0.2, 0) is 28.0 Å². The number of aromatic nitrogens is 2. The predicted molar refractivity (Wildman–Crippen MR) is 72.5 cm³/mol. The molecule has 0 atom stereocenters. The molecule has 0 spiro atoms. The van der Waals surface area contributed by atoms with Crippen LogP contribution in [0.15, 0.2) is 35.5 Å². The van der Waals surface area contributed by atoms with Gasteiger partial charge in [-0.2, -0.15) is 13.5 Å². The molecule has 0 unspecified atom stereocenters. The van der Waals surface area contributed by atoms with Crippen LogP contribution < -0.4 is 4.72 Å². The van der Waals surface area contributed by atoms with E-state index in [0.29, 0.717) is 12.3 Å². The Balaban J connectivity index is 2.26. The maximum Gasteiger partial charge on any atom is 0.279 e.